The van der Waals surface area contributed by atoms with Crippen LogP contribution in [0.2, 0.25) is 0 Å². The Kier molecular flexibility index (Phi) is 7.37. The molecule has 154 valence electrons. The maximum atomic E-state index is 12.2. The second-order valence-electron chi connectivity index (χ2n) is 7.81. The van der Waals surface area contributed by atoms with Crippen molar-refractivity contribution in [2.24, 2.45) is 5.92 Å². The number of carbonyl (C=O) groups is 2. The number of thiophene rings is 1. The normalized spacial score (nSPS) is 11.7. The van der Waals surface area contributed by atoms with Crippen molar-refractivity contribution in [3.63, 3.8) is 0 Å². The molecule has 0 saturated heterocycles. The number of pyridine rings is 1. The molecular formula is C20H28N2O5S. The van der Waals surface area contributed by atoms with Gasteiger partial charge < -0.3 is 19.5 Å². The van der Waals surface area contributed by atoms with E-state index in [0.29, 0.717) is 28.4 Å². The van der Waals surface area contributed by atoms with Gasteiger partial charge >= 0.3 is 11.9 Å². The van der Waals surface area contributed by atoms with Gasteiger partial charge in [-0.15, -0.1) is 11.3 Å². The minimum Gasteiger partial charge on any atom is -0.479 e. The van der Waals surface area contributed by atoms with E-state index in [2.05, 4.69) is 24.1 Å². The number of hydrogen-bond donors (Lipinski definition) is 1. The second kappa shape index (κ2) is 9.34. The number of fused-ring (bicyclic) bond motifs is 1. The molecule has 0 aromatic carbocycles. The average molecular weight is 409 g/mol. The molecule has 0 fully saturated rings. The van der Waals surface area contributed by atoms with Crippen LogP contribution < -0.4 is 10.1 Å². The predicted molar refractivity (Wildman–Crippen MR) is 109 cm³/mol. The second-order valence-corrected chi connectivity index (χ2v) is 8.81. The lowest BCUT2D eigenvalue weighted by Crippen LogP contribution is -2.27. The van der Waals surface area contributed by atoms with Crippen LogP contribution in [0.3, 0.4) is 0 Å². The van der Waals surface area contributed by atoms with E-state index >= 15 is 0 Å². The number of hydrogen-bond acceptors (Lipinski definition) is 8. The number of aromatic nitrogens is 1. The van der Waals surface area contributed by atoms with Crippen molar-refractivity contribution in [3.8, 4) is 5.75 Å². The van der Waals surface area contributed by atoms with Crippen molar-refractivity contribution in [2.75, 3.05) is 20.3 Å². The maximum absolute atomic E-state index is 12.2. The first kappa shape index (κ1) is 22.1. The van der Waals surface area contributed by atoms with Gasteiger partial charge in [0.2, 0.25) is 0 Å². The highest BCUT2D eigenvalue weighted by atomic mass is 32.1. The molecule has 0 radical (unpaired) electrons. The van der Waals surface area contributed by atoms with Gasteiger partial charge in [0.1, 0.15) is 10.4 Å². The van der Waals surface area contributed by atoms with Crippen molar-refractivity contribution in [3.05, 3.63) is 22.7 Å². The van der Waals surface area contributed by atoms with E-state index < -0.39 is 17.5 Å². The van der Waals surface area contributed by atoms with E-state index in [4.69, 9.17) is 14.2 Å². The number of nitrogens with zero attached hydrogens (tertiary/aromatic N) is 1. The molecule has 2 rings (SSSR count). The Morgan fingerprint density at radius 1 is 1.25 bits per heavy atom. The van der Waals surface area contributed by atoms with Crippen LogP contribution >= 0.6 is 11.3 Å². The Morgan fingerprint density at radius 3 is 2.57 bits per heavy atom. The highest BCUT2D eigenvalue weighted by Gasteiger charge is 2.24. The summed E-state index contributed by atoms with van der Waals surface area (Å²) in [5.74, 6) is -0.192. The van der Waals surface area contributed by atoms with Gasteiger partial charge in [-0.2, -0.15) is 0 Å². The summed E-state index contributed by atoms with van der Waals surface area (Å²) in [5.41, 5.74) is 0.256. The van der Waals surface area contributed by atoms with E-state index in [0.717, 1.165) is 12.2 Å². The molecule has 2 aromatic rings. The smallest absolute Gasteiger partial charge is 0.351 e. The fraction of sp³-hybridized carbons (Fsp3) is 0.550. The minimum atomic E-state index is -0.609. The van der Waals surface area contributed by atoms with Gasteiger partial charge in [0.05, 0.1) is 18.2 Å². The molecule has 0 aliphatic rings. The number of carbonyl (C=O) groups excluding carboxylic acids is 2. The Balaban J connectivity index is 2.24. The lowest BCUT2D eigenvalue weighted by Gasteiger charge is -2.19. The summed E-state index contributed by atoms with van der Waals surface area (Å²) in [7, 11) is 1.30. The third-order valence-electron chi connectivity index (χ3n) is 3.55. The molecule has 0 bridgehead atoms. The molecule has 2 aromatic heterocycles. The molecule has 1 N–H and O–H groups in total. The average Bonchev–Trinajstić information content (AvgIpc) is 2.95. The van der Waals surface area contributed by atoms with Gasteiger partial charge in [0, 0.05) is 6.54 Å². The van der Waals surface area contributed by atoms with Crippen LogP contribution in [0, 0.1) is 5.92 Å². The van der Waals surface area contributed by atoms with E-state index in [1.807, 2.05) is 12.1 Å². The molecule has 8 heteroatoms. The summed E-state index contributed by atoms with van der Waals surface area (Å²) >= 11 is 1.18. The third-order valence-corrected chi connectivity index (χ3v) is 4.61. The fourth-order valence-electron chi connectivity index (χ4n) is 2.45. The lowest BCUT2D eigenvalue weighted by molar-refractivity contribution is -0.157. The summed E-state index contributed by atoms with van der Waals surface area (Å²) in [5, 5.41) is 4.01. The molecule has 0 amide bonds. The van der Waals surface area contributed by atoms with E-state index in [1.54, 1.807) is 20.8 Å². The van der Waals surface area contributed by atoms with Crippen LogP contribution in [0.15, 0.2) is 12.1 Å². The first-order chi connectivity index (χ1) is 13.1. The molecule has 2 heterocycles. The van der Waals surface area contributed by atoms with Gasteiger partial charge in [0.15, 0.2) is 17.2 Å². The molecule has 0 atom stereocenters. The van der Waals surface area contributed by atoms with Crippen molar-refractivity contribution in [2.45, 2.75) is 46.8 Å². The molecule has 0 saturated carbocycles. The van der Waals surface area contributed by atoms with Crippen LogP contribution in [-0.2, 0) is 20.8 Å². The Morgan fingerprint density at radius 2 is 1.96 bits per heavy atom. The number of ether oxygens (including phenoxy) is 3. The van der Waals surface area contributed by atoms with Crippen LogP contribution in [0.1, 0.15) is 50.0 Å². The zero-order valence-corrected chi connectivity index (χ0v) is 18.1. The summed E-state index contributed by atoms with van der Waals surface area (Å²) in [6, 6.07) is 3.73. The molecule has 7 nitrogen and oxygen atoms in total. The lowest BCUT2D eigenvalue weighted by atomic mass is 10.2. The quantitative estimate of drug-likeness (QED) is 0.669. The highest BCUT2D eigenvalue weighted by Crippen LogP contribution is 2.37. The van der Waals surface area contributed by atoms with E-state index in [1.165, 1.54) is 18.4 Å². The topological polar surface area (TPSA) is 86.8 Å². The maximum Gasteiger partial charge on any atom is 0.351 e. The summed E-state index contributed by atoms with van der Waals surface area (Å²) in [6.45, 7) is 10.8. The van der Waals surface area contributed by atoms with Crippen molar-refractivity contribution < 1.29 is 23.8 Å². The summed E-state index contributed by atoms with van der Waals surface area (Å²) in [6.07, 6.45) is 0. The summed E-state index contributed by atoms with van der Waals surface area (Å²) < 4.78 is 15.8. The van der Waals surface area contributed by atoms with Gasteiger partial charge in [0.25, 0.3) is 0 Å². The van der Waals surface area contributed by atoms with E-state index in [-0.39, 0.29) is 11.5 Å². The molecule has 0 aliphatic heterocycles. The largest absolute Gasteiger partial charge is 0.479 e. The first-order valence-electron chi connectivity index (χ1n) is 9.16. The van der Waals surface area contributed by atoms with Gasteiger partial charge in [-0.3, -0.25) is 0 Å². The van der Waals surface area contributed by atoms with Crippen LogP contribution in [0.25, 0.3) is 10.2 Å². The highest BCUT2D eigenvalue weighted by molar-refractivity contribution is 7.20. The SMILES string of the molecule is COC(=O)c1sc2nc(CNCC(C)C)ccc2c1OCC(=O)OC(C)(C)C. The molecule has 0 spiro atoms. The summed E-state index contributed by atoms with van der Waals surface area (Å²) in [4.78, 5) is 29.7. The molecule has 28 heavy (non-hydrogen) atoms. The van der Waals surface area contributed by atoms with Gasteiger partial charge in [-0.25, -0.2) is 14.6 Å². The van der Waals surface area contributed by atoms with Crippen molar-refractivity contribution in [1.82, 2.24) is 10.3 Å². The van der Waals surface area contributed by atoms with E-state index in [9.17, 15) is 9.59 Å². The molecule has 0 unspecified atom stereocenters. The van der Waals surface area contributed by atoms with Crippen LogP contribution in [-0.4, -0.2) is 42.8 Å². The number of rotatable bonds is 8. The number of esters is 2. The first-order valence-corrected chi connectivity index (χ1v) is 9.98. The fourth-order valence-corrected chi connectivity index (χ4v) is 3.51. The van der Waals surface area contributed by atoms with Crippen molar-refractivity contribution in [1.29, 1.82) is 0 Å². The standard InChI is InChI=1S/C20H28N2O5S/c1-12(2)9-21-10-13-7-8-14-16(26-11-15(23)27-20(3,4)5)17(19(24)25-6)28-18(14)22-13/h7-8,12,21H,9-11H2,1-6H3. The molecular weight excluding hydrogens is 380 g/mol. The zero-order chi connectivity index (χ0) is 20.9. The predicted octanol–water partition coefficient (Wildman–Crippen LogP) is 3.55. The van der Waals surface area contributed by atoms with Crippen LogP contribution in [0.4, 0.5) is 0 Å². The van der Waals surface area contributed by atoms with Crippen molar-refractivity contribution >= 4 is 33.5 Å². The number of methoxy groups -OCH3 is 1. The minimum absolute atomic E-state index is 0.279. The Hall–Kier alpha value is -2.19. The van der Waals surface area contributed by atoms with Gasteiger partial charge in [-0.1, -0.05) is 13.8 Å². The zero-order valence-electron chi connectivity index (χ0n) is 17.3. The Labute approximate surface area is 169 Å². The number of nitrogens with one attached hydrogen (secondary N) is 1. The van der Waals surface area contributed by atoms with Crippen LogP contribution in [0.5, 0.6) is 5.75 Å². The molecule has 0 aliphatic carbocycles. The monoisotopic (exact) mass is 408 g/mol. The van der Waals surface area contributed by atoms with Gasteiger partial charge in [-0.05, 0) is 45.4 Å². The Bertz CT molecular complexity index is 839. The third kappa shape index (κ3) is 6.17.